The maximum atomic E-state index is 13.9. The molecular weight excluding hydrogens is 472 g/mol. The first-order valence-electron chi connectivity index (χ1n) is 12.4. The van der Waals surface area contributed by atoms with Crippen molar-refractivity contribution in [1.82, 2.24) is 9.88 Å². The third-order valence-corrected chi connectivity index (χ3v) is 6.44. The predicted octanol–water partition coefficient (Wildman–Crippen LogP) is 6.96. The molecule has 0 aliphatic carbocycles. The van der Waals surface area contributed by atoms with E-state index < -0.39 is 5.97 Å². The highest BCUT2D eigenvalue weighted by Gasteiger charge is 2.22. The second-order valence-corrected chi connectivity index (χ2v) is 8.94. The molecule has 0 atom stereocenters. The number of amides is 1. The zero-order valence-electron chi connectivity index (χ0n) is 20.7. The van der Waals surface area contributed by atoms with Gasteiger partial charge < -0.3 is 10.0 Å². The molecule has 38 heavy (non-hydrogen) atoms. The Balaban J connectivity index is 1.56. The fourth-order valence-electron chi connectivity index (χ4n) is 4.57. The van der Waals surface area contributed by atoms with E-state index in [2.05, 4.69) is 17.1 Å². The van der Waals surface area contributed by atoms with Crippen LogP contribution in [0.2, 0.25) is 0 Å². The number of carbonyl (C=O) groups excluding carboxylic acids is 1. The van der Waals surface area contributed by atoms with E-state index in [0.717, 1.165) is 33.4 Å². The summed E-state index contributed by atoms with van der Waals surface area (Å²) in [4.78, 5) is 31.4. The Bertz CT molecular complexity index is 1480. The van der Waals surface area contributed by atoms with Gasteiger partial charge in [0.15, 0.2) is 0 Å². The lowest BCUT2D eigenvalue weighted by Crippen LogP contribution is -2.31. The summed E-state index contributed by atoms with van der Waals surface area (Å²) in [7, 11) is 0. The molecule has 5 aromatic rings. The zero-order valence-corrected chi connectivity index (χ0v) is 20.7. The van der Waals surface area contributed by atoms with Gasteiger partial charge in [-0.1, -0.05) is 109 Å². The maximum Gasteiger partial charge on any atom is 0.335 e. The van der Waals surface area contributed by atoms with Crippen LogP contribution < -0.4 is 0 Å². The maximum absolute atomic E-state index is 13.9. The first-order valence-corrected chi connectivity index (χ1v) is 12.4. The van der Waals surface area contributed by atoms with Crippen molar-refractivity contribution in [1.29, 1.82) is 0 Å². The average Bonchev–Trinajstić information content (AvgIpc) is 2.98. The molecule has 186 valence electrons. The van der Waals surface area contributed by atoms with Gasteiger partial charge >= 0.3 is 5.97 Å². The van der Waals surface area contributed by atoms with E-state index in [4.69, 9.17) is 0 Å². The van der Waals surface area contributed by atoms with E-state index in [1.54, 1.807) is 4.90 Å². The lowest BCUT2D eigenvalue weighted by atomic mass is 9.97. The van der Waals surface area contributed by atoms with Crippen LogP contribution in [0, 0.1) is 0 Å². The molecule has 1 aromatic heterocycles. The van der Waals surface area contributed by atoms with Gasteiger partial charge in [0.25, 0.3) is 5.91 Å². The van der Waals surface area contributed by atoms with Crippen molar-refractivity contribution in [3.05, 3.63) is 150 Å². The van der Waals surface area contributed by atoms with E-state index in [-0.39, 0.29) is 17.2 Å². The molecule has 0 spiro atoms. The summed E-state index contributed by atoms with van der Waals surface area (Å²) < 4.78 is 0. The quantitative estimate of drug-likeness (QED) is 0.251. The lowest BCUT2D eigenvalue weighted by molar-refractivity contribution is 0.0696. The van der Waals surface area contributed by atoms with Gasteiger partial charge in [0.2, 0.25) is 0 Å². The van der Waals surface area contributed by atoms with Crippen LogP contribution in [-0.2, 0) is 13.1 Å². The fraction of sp³-hybridized carbons (Fsp3) is 0.0606. The van der Waals surface area contributed by atoms with Crippen LogP contribution in [0.5, 0.6) is 0 Å². The van der Waals surface area contributed by atoms with E-state index in [0.29, 0.717) is 13.1 Å². The summed E-state index contributed by atoms with van der Waals surface area (Å²) in [5, 5.41) is 9.47. The zero-order chi connectivity index (χ0) is 26.3. The molecular formula is C33H26N2O3. The molecule has 5 heteroatoms. The number of carbonyl (C=O) groups is 2. The monoisotopic (exact) mass is 498 g/mol. The van der Waals surface area contributed by atoms with Gasteiger partial charge in [-0.2, -0.15) is 0 Å². The SMILES string of the molecule is O=C(O)c1ccnc(C(=O)N(Cc2ccccc2-c2ccccc2)Cc2ccccc2-c2ccccc2)c1. The highest BCUT2D eigenvalue weighted by molar-refractivity contribution is 5.96. The molecule has 0 aliphatic rings. The van der Waals surface area contributed by atoms with Crippen molar-refractivity contribution in [3.63, 3.8) is 0 Å². The van der Waals surface area contributed by atoms with Gasteiger partial charge in [0, 0.05) is 19.3 Å². The van der Waals surface area contributed by atoms with Gasteiger partial charge in [-0.25, -0.2) is 4.79 Å². The first kappa shape index (κ1) is 24.7. The van der Waals surface area contributed by atoms with Crippen molar-refractivity contribution in [2.45, 2.75) is 13.1 Å². The summed E-state index contributed by atoms with van der Waals surface area (Å²) in [6, 6.07) is 38.9. The number of rotatable bonds is 8. The van der Waals surface area contributed by atoms with E-state index in [9.17, 15) is 14.7 Å². The number of pyridine rings is 1. The minimum absolute atomic E-state index is 0.0256. The van der Waals surface area contributed by atoms with Gasteiger partial charge in [-0.15, -0.1) is 0 Å². The normalized spacial score (nSPS) is 10.6. The van der Waals surface area contributed by atoms with Crippen LogP contribution in [-0.4, -0.2) is 26.9 Å². The second-order valence-electron chi connectivity index (χ2n) is 8.94. The Morgan fingerprint density at radius 2 is 1.11 bits per heavy atom. The predicted molar refractivity (Wildman–Crippen MR) is 149 cm³/mol. The van der Waals surface area contributed by atoms with Crippen LogP contribution in [0.3, 0.4) is 0 Å². The number of aromatic carboxylic acids is 1. The minimum Gasteiger partial charge on any atom is -0.478 e. The Morgan fingerprint density at radius 3 is 1.61 bits per heavy atom. The summed E-state index contributed by atoms with van der Waals surface area (Å²) in [6.07, 6.45) is 1.37. The molecule has 5 nitrogen and oxygen atoms in total. The molecule has 0 fully saturated rings. The van der Waals surface area contributed by atoms with Crippen molar-refractivity contribution in [2.24, 2.45) is 0 Å². The highest BCUT2D eigenvalue weighted by Crippen LogP contribution is 2.28. The number of hydrogen-bond donors (Lipinski definition) is 1. The second kappa shape index (κ2) is 11.4. The average molecular weight is 499 g/mol. The molecule has 0 bridgehead atoms. The summed E-state index contributed by atoms with van der Waals surface area (Å²) in [6.45, 7) is 0.651. The van der Waals surface area contributed by atoms with Gasteiger partial charge in [-0.3, -0.25) is 9.78 Å². The van der Waals surface area contributed by atoms with E-state index in [1.165, 1.54) is 18.3 Å². The molecule has 1 N–H and O–H groups in total. The molecule has 0 unspecified atom stereocenters. The largest absolute Gasteiger partial charge is 0.478 e. The third-order valence-electron chi connectivity index (χ3n) is 6.44. The molecule has 0 saturated carbocycles. The summed E-state index contributed by atoms with van der Waals surface area (Å²) in [5.74, 6) is -1.43. The topological polar surface area (TPSA) is 70.5 Å². The highest BCUT2D eigenvalue weighted by atomic mass is 16.4. The number of benzene rings is 4. The fourth-order valence-corrected chi connectivity index (χ4v) is 4.57. The Morgan fingerprint density at radius 1 is 0.632 bits per heavy atom. The van der Waals surface area contributed by atoms with Crippen LogP contribution in [0.1, 0.15) is 32.0 Å². The van der Waals surface area contributed by atoms with Crippen LogP contribution >= 0.6 is 0 Å². The molecule has 0 aliphatic heterocycles. The number of nitrogens with zero attached hydrogens (tertiary/aromatic N) is 2. The Kier molecular flexibility index (Phi) is 7.37. The van der Waals surface area contributed by atoms with Gasteiger partial charge in [-0.05, 0) is 45.5 Å². The number of carboxylic acids is 1. The Labute approximate surface area is 221 Å². The number of hydrogen-bond acceptors (Lipinski definition) is 3. The number of carboxylic acid groups (broad SMARTS) is 1. The van der Waals surface area contributed by atoms with Crippen molar-refractivity contribution >= 4 is 11.9 Å². The molecule has 4 aromatic carbocycles. The van der Waals surface area contributed by atoms with Crippen molar-refractivity contribution in [2.75, 3.05) is 0 Å². The first-order chi connectivity index (χ1) is 18.6. The van der Waals surface area contributed by atoms with Crippen LogP contribution in [0.4, 0.5) is 0 Å². The van der Waals surface area contributed by atoms with Gasteiger partial charge in [0.05, 0.1) is 5.56 Å². The van der Waals surface area contributed by atoms with Crippen molar-refractivity contribution in [3.8, 4) is 22.3 Å². The molecule has 1 heterocycles. The van der Waals surface area contributed by atoms with Crippen molar-refractivity contribution < 1.29 is 14.7 Å². The standard InChI is InChI=1S/C33H26N2O3/c36-32(31-21-26(33(37)38)19-20-34-31)35(22-27-15-7-9-17-29(27)24-11-3-1-4-12-24)23-28-16-8-10-18-30(28)25-13-5-2-6-14-25/h1-21H,22-23H2,(H,37,38). The number of aromatic nitrogens is 1. The van der Waals surface area contributed by atoms with E-state index in [1.807, 2.05) is 97.1 Å². The summed E-state index contributed by atoms with van der Waals surface area (Å²) in [5.41, 5.74) is 6.29. The lowest BCUT2D eigenvalue weighted by Gasteiger charge is -2.25. The molecule has 0 radical (unpaired) electrons. The summed E-state index contributed by atoms with van der Waals surface area (Å²) >= 11 is 0. The van der Waals surface area contributed by atoms with Gasteiger partial charge in [0.1, 0.15) is 5.69 Å². The smallest absolute Gasteiger partial charge is 0.335 e. The van der Waals surface area contributed by atoms with Crippen LogP contribution in [0.15, 0.2) is 128 Å². The third kappa shape index (κ3) is 5.52. The molecule has 1 amide bonds. The van der Waals surface area contributed by atoms with Crippen LogP contribution in [0.25, 0.3) is 22.3 Å². The van der Waals surface area contributed by atoms with E-state index >= 15 is 0 Å². The minimum atomic E-state index is -1.10. The molecule has 0 saturated heterocycles. The molecule has 5 rings (SSSR count). The Hall–Kier alpha value is -5.03.